The van der Waals surface area contributed by atoms with Gasteiger partial charge in [0, 0.05) is 25.1 Å². The molecule has 0 unspecified atom stereocenters. The predicted octanol–water partition coefficient (Wildman–Crippen LogP) is 6.75. The molecule has 0 aliphatic rings. The number of hydrogen-bond acceptors (Lipinski definition) is 9. The number of hydrogen-bond donors (Lipinski definition) is 0. The Kier molecular flexibility index (Phi) is 15.8. The molecule has 0 heterocycles. The fourth-order valence-corrected chi connectivity index (χ4v) is 27.4. The van der Waals surface area contributed by atoms with E-state index in [9.17, 15) is 9.59 Å². The molecule has 0 aromatic carbocycles. The molecular formula is C24H56O9Si6. The minimum absolute atomic E-state index is 0.232. The molecule has 0 aromatic rings. The standard InChI is InChI=1S/C24H56O9Si6/c1-15-18-24(26)28-20-17-22-39(31-36(9,10)11,32-37(12,13)14)33-38(29-34(3,4)5,30-35(6,7)8)21-16-19-27-23(2)25/h15,18H,16-17,19-22H2,1-14H3. The highest BCUT2D eigenvalue weighted by Gasteiger charge is 2.58. The van der Waals surface area contributed by atoms with E-state index in [-0.39, 0.29) is 25.2 Å². The maximum absolute atomic E-state index is 11.9. The third kappa shape index (κ3) is 20.3. The normalized spacial score (nSPS) is 14.1. The lowest BCUT2D eigenvalue weighted by molar-refractivity contribution is -0.141. The van der Waals surface area contributed by atoms with Crippen LogP contribution < -0.4 is 0 Å². The molecule has 0 atom stereocenters. The van der Waals surface area contributed by atoms with Crippen LogP contribution in [0.2, 0.25) is 90.7 Å². The summed E-state index contributed by atoms with van der Waals surface area (Å²) in [7, 11) is -15.5. The average Bonchev–Trinajstić information content (AvgIpc) is 2.63. The SMILES string of the molecule is CC=CC(=O)OCCC[Si](O[Si](C)(C)C)(O[Si](C)(C)C)O[Si](CCCOC(C)=O)(O[Si](C)(C)C)O[Si](C)(C)C. The van der Waals surface area contributed by atoms with E-state index in [0.717, 1.165) is 0 Å². The van der Waals surface area contributed by atoms with E-state index < -0.39 is 50.9 Å². The fourth-order valence-electron chi connectivity index (χ4n) is 3.68. The number of carbonyl (C=O) groups is 2. The smallest absolute Gasteiger partial charge is 0.466 e. The van der Waals surface area contributed by atoms with Crippen LogP contribution in [0.5, 0.6) is 0 Å². The number of carbonyl (C=O) groups excluding carboxylic acids is 2. The summed E-state index contributed by atoms with van der Waals surface area (Å²) in [6.07, 6.45) is 4.14. The molecule has 9 nitrogen and oxygen atoms in total. The highest BCUT2D eigenvalue weighted by atomic mass is 28.5. The number of esters is 2. The molecule has 0 spiro atoms. The predicted molar refractivity (Wildman–Crippen MR) is 172 cm³/mol. The van der Waals surface area contributed by atoms with Crippen molar-refractivity contribution in [2.24, 2.45) is 0 Å². The van der Waals surface area contributed by atoms with Crippen LogP contribution >= 0.6 is 0 Å². The Bertz CT molecular complexity index is 764. The van der Waals surface area contributed by atoms with Gasteiger partial charge >= 0.3 is 29.5 Å². The molecule has 0 fully saturated rings. The zero-order valence-electron chi connectivity index (χ0n) is 27.1. The summed E-state index contributed by atoms with van der Waals surface area (Å²) in [4.78, 5) is 23.4. The monoisotopic (exact) mass is 656 g/mol. The first-order chi connectivity index (χ1) is 17.4. The largest absolute Gasteiger partial charge is 0.472 e. The molecule has 0 aromatic heterocycles. The van der Waals surface area contributed by atoms with Crippen molar-refractivity contribution in [3.63, 3.8) is 0 Å². The van der Waals surface area contributed by atoms with E-state index in [1.165, 1.54) is 13.0 Å². The van der Waals surface area contributed by atoms with Crippen LogP contribution in [-0.2, 0) is 39.6 Å². The van der Waals surface area contributed by atoms with Gasteiger partial charge in [0.1, 0.15) is 0 Å². The molecule has 0 saturated heterocycles. The van der Waals surface area contributed by atoms with Gasteiger partial charge in [0.2, 0.25) is 0 Å². The summed E-state index contributed by atoms with van der Waals surface area (Å²) in [5, 5.41) is 0. The van der Waals surface area contributed by atoms with Gasteiger partial charge in [-0.2, -0.15) is 0 Å². The van der Waals surface area contributed by atoms with Crippen LogP contribution in [-0.4, -0.2) is 76.0 Å². The van der Waals surface area contributed by atoms with Gasteiger partial charge in [0.05, 0.1) is 13.2 Å². The molecule has 0 N–H and O–H groups in total. The molecule has 0 rings (SSSR count). The molecule has 0 aliphatic heterocycles. The Labute approximate surface area is 244 Å². The quantitative estimate of drug-likeness (QED) is 0.0647. The van der Waals surface area contributed by atoms with E-state index in [0.29, 0.717) is 24.9 Å². The molecular weight excluding hydrogens is 601 g/mol. The topological polar surface area (TPSA) is 98.8 Å². The van der Waals surface area contributed by atoms with Gasteiger partial charge in [-0.25, -0.2) is 4.79 Å². The lowest BCUT2D eigenvalue weighted by Crippen LogP contribution is -2.67. The van der Waals surface area contributed by atoms with Crippen LogP contribution in [0.4, 0.5) is 0 Å². The molecule has 39 heavy (non-hydrogen) atoms. The summed E-state index contributed by atoms with van der Waals surface area (Å²) < 4.78 is 45.5. The van der Waals surface area contributed by atoms with Crippen molar-refractivity contribution in [3.8, 4) is 0 Å². The van der Waals surface area contributed by atoms with Crippen molar-refractivity contribution >= 4 is 62.8 Å². The van der Waals surface area contributed by atoms with E-state index in [1.807, 2.05) is 0 Å². The first-order valence-corrected chi connectivity index (χ1v) is 31.3. The summed E-state index contributed by atoms with van der Waals surface area (Å²) in [5.41, 5.74) is 0. The first-order valence-electron chi connectivity index (χ1n) is 13.8. The second-order valence-corrected chi connectivity index (χ2v) is 38.3. The Morgan fingerprint density at radius 1 is 0.564 bits per heavy atom. The number of rotatable bonds is 19. The Morgan fingerprint density at radius 2 is 0.897 bits per heavy atom. The minimum atomic E-state index is -3.41. The zero-order chi connectivity index (χ0) is 30.8. The molecule has 0 saturated carbocycles. The second-order valence-electron chi connectivity index (χ2n) is 13.5. The van der Waals surface area contributed by atoms with Gasteiger partial charge in [0.25, 0.3) is 0 Å². The Balaban J connectivity index is 6.68. The summed E-state index contributed by atoms with van der Waals surface area (Å²) in [6, 6.07) is 0.970. The van der Waals surface area contributed by atoms with Crippen molar-refractivity contribution in [2.75, 3.05) is 13.2 Å². The highest BCUT2D eigenvalue weighted by Crippen LogP contribution is 2.35. The molecule has 0 aliphatic carbocycles. The van der Waals surface area contributed by atoms with Gasteiger partial charge in [-0.05, 0) is 98.3 Å². The Morgan fingerprint density at radius 3 is 1.18 bits per heavy atom. The first kappa shape index (κ1) is 38.8. The highest BCUT2D eigenvalue weighted by molar-refractivity contribution is 6.92. The summed E-state index contributed by atoms with van der Waals surface area (Å²) in [6.45, 7) is 29.2. The number of allylic oxidation sites excluding steroid dienone is 1. The van der Waals surface area contributed by atoms with Gasteiger partial charge in [-0.1, -0.05) is 6.08 Å². The summed E-state index contributed by atoms with van der Waals surface area (Å²) in [5.74, 6) is -0.693. The third-order valence-corrected chi connectivity index (χ3v) is 23.5. The molecule has 15 heteroatoms. The van der Waals surface area contributed by atoms with E-state index >= 15 is 0 Å². The van der Waals surface area contributed by atoms with E-state index in [4.69, 9.17) is 30.0 Å². The molecule has 0 bridgehead atoms. The number of ether oxygens (including phenoxy) is 2. The molecule has 0 amide bonds. The van der Waals surface area contributed by atoms with Crippen LogP contribution in [0, 0.1) is 0 Å². The van der Waals surface area contributed by atoms with E-state index in [2.05, 4.69) is 78.6 Å². The van der Waals surface area contributed by atoms with Gasteiger partial charge in [0.15, 0.2) is 33.3 Å². The van der Waals surface area contributed by atoms with Crippen LogP contribution in [0.25, 0.3) is 0 Å². The molecule has 230 valence electrons. The van der Waals surface area contributed by atoms with Crippen molar-refractivity contribution < 1.29 is 39.6 Å². The van der Waals surface area contributed by atoms with Crippen LogP contribution in [0.3, 0.4) is 0 Å². The lowest BCUT2D eigenvalue weighted by Gasteiger charge is -2.47. The van der Waals surface area contributed by atoms with Gasteiger partial charge < -0.3 is 30.0 Å². The lowest BCUT2D eigenvalue weighted by atomic mass is 10.5. The van der Waals surface area contributed by atoms with Crippen molar-refractivity contribution in [1.29, 1.82) is 0 Å². The Hall–Kier alpha value is -0.219. The van der Waals surface area contributed by atoms with Crippen LogP contribution in [0.15, 0.2) is 12.2 Å². The molecule has 0 radical (unpaired) electrons. The van der Waals surface area contributed by atoms with E-state index in [1.54, 1.807) is 13.0 Å². The maximum Gasteiger partial charge on any atom is 0.472 e. The van der Waals surface area contributed by atoms with Gasteiger partial charge in [-0.3, -0.25) is 4.79 Å². The third-order valence-electron chi connectivity index (χ3n) is 4.26. The van der Waals surface area contributed by atoms with Crippen molar-refractivity contribution in [2.45, 2.75) is 117 Å². The van der Waals surface area contributed by atoms with Gasteiger partial charge in [-0.15, -0.1) is 0 Å². The van der Waals surface area contributed by atoms with Crippen molar-refractivity contribution in [1.82, 2.24) is 0 Å². The summed E-state index contributed by atoms with van der Waals surface area (Å²) >= 11 is 0. The maximum atomic E-state index is 11.9. The second kappa shape index (κ2) is 15.9. The zero-order valence-corrected chi connectivity index (χ0v) is 33.1. The van der Waals surface area contributed by atoms with Crippen molar-refractivity contribution in [3.05, 3.63) is 12.2 Å². The average molecular weight is 657 g/mol. The minimum Gasteiger partial charge on any atom is -0.466 e. The van der Waals surface area contributed by atoms with Crippen LogP contribution in [0.1, 0.15) is 26.7 Å². The fraction of sp³-hybridized carbons (Fsp3) is 0.833.